The molecule has 178 valence electrons. The summed E-state index contributed by atoms with van der Waals surface area (Å²) >= 11 is 0.946. The molecule has 1 saturated heterocycles. The lowest BCUT2D eigenvalue weighted by atomic mass is 9.95. The van der Waals surface area contributed by atoms with Crippen LogP contribution in [0.5, 0.6) is 5.75 Å². The Bertz CT molecular complexity index is 1400. The predicted octanol–water partition coefficient (Wildman–Crippen LogP) is 3.58. The highest BCUT2D eigenvalue weighted by Crippen LogP contribution is 2.44. The van der Waals surface area contributed by atoms with Crippen molar-refractivity contribution in [3.05, 3.63) is 75.6 Å². The number of anilines is 1. The first kappa shape index (κ1) is 22.7. The Balaban J connectivity index is 1.67. The molecule has 9 nitrogen and oxygen atoms in total. The third kappa shape index (κ3) is 3.75. The molecule has 2 unspecified atom stereocenters. The lowest BCUT2D eigenvalue weighted by Crippen LogP contribution is -2.29. The fourth-order valence-corrected chi connectivity index (χ4v) is 5.39. The quantitative estimate of drug-likeness (QED) is 0.255. The maximum Gasteiger partial charge on any atom is 0.350 e. The van der Waals surface area contributed by atoms with Gasteiger partial charge in [0.1, 0.15) is 22.5 Å². The Labute approximate surface area is 204 Å². The maximum absolute atomic E-state index is 13.3. The average molecular weight is 492 g/mol. The van der Waals surface area contributed by atoms with Gasteiger partial charge in [-0.3, -0.25) is 19.5 Å². The Morgan fingerprint density at radius 2 is 2.09 bits per heavy atom. The van der Waals surface area contributed by atoms with Gasteiger partial charge in [0.2, 0.25) is 0 Å². The van der Waals surface area contributed by atoms with E-state index in [1.165, 1.54) is 18.2 Å². The second kappa shape index (κ2) is 8.62. The summed E-state index contributed by atoms with van der Waals surface area (Å²) in [6.07, 6.45) is 3.78. The molecule has 5 rings (SSSR count). The fourth-order valence-electron chi connectivity index (χ4n) is 4.38. The van der Waals surface area contributed by atoms with E-state index in [-0.39, 0.29) is 27.4 Å². The molecule has 0 aliphatic carbocycles. The second-order valence-corrected chi connectivity index (χ2v) is 9.29. The average Bonchev–Trinajstić information content (AvgIpc) is 3.50. The molecule has 3 aromatic rings. The third-order valence-electron chi connectivity index (χ3n) is 5.98. The Kier molecular flexibility index (Phi) is 5.60. The first-order valence-corrected chi connectivity index (χ1v) is 11.7. The van der Waals surface area contributed by atoms with E-state index < -0.39 is 23.7 Å². The van der Waals surface area contributed by atoms with Gasteiger partial charge in [0.25, 0.3) is 5.78 Å². The van der Waals surface area contributed by atoms with Crippen molar-refractivity contribution in [1.82, 2.24) is 9.97 Å². The molecule has 0 radical (unpaired) electrons. The van der Waals surface area contributed by atoms with Crippen LogP contribution in [-0.4, -0.2) is 45.9 Å². The summed E-state index contributed by atoms with van der Waals surface area (Å²) < 4.78 is 10.5. The molecule has 0 saturated carbocycles. The number of methoxy groups -OCH3 is 1. The number of ketones is 1. The van der Waals surface area contributed by atoms with E-state index in [9.17, 15) is 19.5 Å². The summed E-state index contributed by atoms with van der Waals surface area (Å²) in [5.74, 6) is -1.87. The number of thiazole rings is 1. The molecule has 1 aromatic carbocycles. The standard InChI is InChI=1S/C25H21N3O6S/c1-12-9-16-10-14(6-7-17(16)34-12)20(29)18-19(15-5-4-8-26-11-15)28(23(31)21(18)30)25-27-13(2)22(35-25)24(32)33-3/h4-8,10-12,19,29H,9H2,1-3H3/b20-18+. The van der Waals surface area contributed by atoms with Crippen molar-refractivity contribution in [2.75, 3.05) is 12.0 Å². The van der Waals surface area contributed by atoms with Gasteiger partial charge in [-0.25, -0.2) is 9.78 Å². The highest BCUT2D eigenvalue weighted by atomic mass is 32.1. The van der Waals surface area contributed by atoms with Crippen LogP contribution in [0.15, 0.2) is 48.3 Å². The van der Waals surface area contributed by atoms with Crippen LogP contribution in [0.3, 0.4) is 0 Å². The number of hydrogen-bond donors (Lipinski definition) is 1. The molecule has 10 heteroatoms. The number of Topliss-reactive ketones (excluding diaryl/α,β-unsaturated/α-hetero) is 1. The summed E-state index contributed by atoms with van der Waals surface area (Å²) in [6, 6.07) is 7.58. The first-order valence-electron chi connectivity index (χ1n) is 10.9. The van der Waals surface area contributed by atoms with Crippen molar-refractivity contribution in [2.24, 2.45) is 0 Å². The van der Waals surface area contributed by atoms with Gasteiger partial charge in [-0.15, -0.1) is 0 Å². The number of carbonyl (C=O) groups excluding carboxylic acids is 3. The van der Waals surface area contributed by atoms with E-state index >= 15 is 0 Å². The molecular weight excluding hydrogens is 470 g/mol. The number of aryl methyl sites for hydroxylation is 1. The van der Waals surface area contributed by atoms with Crippen LogP contribution in [0, 0.1) is 6.92 Å². The second-order valence-electron chi connectivity index (χ2n) is 8.31. The monoisotopic (exact) mass is 491 g/mol. The lowest BCUT2D eigenvalue weighted by Gasteiger charge is -2.22. The van der Waals surface area contributed by atoms with Crippen LogP contribution in [0.1, 0.15) is 45.0 Å². The lowest BCUT2D eigenvalue weighted by molar-refractivity contribution is -0.132. The number of rotatable bonds is 4. The third-order valence-corrected chi connectivity index (χ3v) is 7.11. The minimum atomic E-state index is -0.983. The van der Waals surface area contributed by atoms with Crippen LogP contribution < -0.4 is 9.64 Å². The fraction of sp³-hybridized carbons (Fsp3) is 0.240. The predicted molar refractivity (Wildman–Crippen MR) is 127 cm³/mol. The Morgan fingerprint density at radius 3 is 2.80 bits per heavy atom. The molecule has 0 spiro atoms. The summed E-state index contributed by atoms with van der Waals surface area (Å²) in [7, 11) is 1.26. The van der Waals surface area contributed by atoms with Gasteiger partial charge >= 0.3 is 11.9 Å². The number of nitrogens with zero attached hydrogens (tertiary/aromatic N) is 3. The Hall–Kier alpha value is -4.05. The molecule has 1 amide bonds. The van der Waals surface area contributed by atoms with E-state index in [0.29, 0.717) is 23.2 Å². The van der Waals surface area contributed by atoms with Crippen molar-refractivity contribution < 1.29 is 29.0 Å². The minimum Gasteiger partial charge on any atom is -0.507 e. The first-order chi connectivity index (χ1) is 16.8. The minimum absolute atomic E-state index is 0.0144. The van der Waals surface area contributed by atoms with Crippen molar-refractivity contribution in [3.8, 4) is 5.75 Å². The Morgan fingerprint density at radius 1 is 1.29 bits per heavy atom. The number of fused-ring (bicyclic) bond motifs is 1. The van der Waals surface area contributed by atoms with E-state index in [1.54, 1.807) is 43.5 Å². The summed E-state index contributed by atoms with van der Waals surface area (Å²) in [5.41, 5.74) is 2.11. The van der Waals surface area contributed by atoms with Crippen molar-refractivity contribution in [2.45, 2.75) is 32.4 Å². The van der Waals surface area contributed by atoms with E-state index in [4.69, 9.17) is 9.47 Å². The number of aromatic nitrogens is 2. The van der Waals surface area contributed by atoms with Gasteiger partial charge in [-0.1, -0.05) is 17.4 Å². The molecule has 35 heavy (non-hydrogen) atoms. The number of amides is 1. The normalized spacial score (nSPS) is 20.6. The zero-order chi connectivity index (χ0) is 24.9. The molecule has 2 aliphatic rings. The molecule has 0 bridgehead atoms. The van der Waals surface area contributed by atoms with Crippen LogP contribution in [0.4, 0.5) is 5.13 Å². The number of esters is 1. The van der Waals surface area contributed by atoms with Gasteiger partial charge in [-0.05, 0) is 49.2 Å². The maximum atomic E-state index is 13.3. The van der Waals surface area contributed by atoms with Gasteiger partial charge in [0, 0.05) is 24.4 Å². The number of benzene rings is 1. The van der Waals surface area contributed by atoms with Crippen molar-refractivity contribution in [3.63, 3.8) is 0 Å². The summed E-state index contributed by atoms with van der Waals surface area (Å²) in [6.45, 7) is 3.57. The molecule has 2 aliphatic heterocycles. The highest BCUT2D eigenvalue weighted by Gasteiger charge is 2.48. The molecular formula is C25H21N3O6S. The summed E-state index contributed by atoms with van der Waals surface area (Å²) in [5, 5.41) is 11.5. The largest absolute Gasteiger partial charge is 0.507 e. The molecule has 2 aromatic heterocycles. The zero-order valence-corrected chi connectivity index (χ0v) is 20.0. The number of ether oxygens (including phenoxy) is 2. The van der Waals surface area contributed by atoms with Crippen molar-refractivity contribution in [1.29, 1.82) is 0 Å². The zero-order valence-electron chi connectivity index (χ0n) is 19.1. The van der Waals surface area contributed by atoms with Crippen LogP contribution >= 0.6 is 11.3 Å². The number of aliphatic hydroxyl groups excluding tert-OH is 1. The molecule has 1 N–H and O–H groups in total. The van der Waals surface area contributed by atoms with Gasteiger partial charge in [-0.2, -0.15) is 0 Å². The van der Waals surface area contributed by atoms with Crippen molar-refractivity contribution >= 4 is 39.9 Å². The van der Waals surface area contributed by atoms with Gasteiger partial charge < -0.3 is 14.6 Å². The number of aliphatic hydroxyl groups is 1. The summed E-state index contributed by atoms with van der Waals surface area (Å²) in [4.78, 5) is 48.6. The molecule has 1 fully saturated rings. The topological polar surface area (TPSA) is 119 Å². The van der Waals surface area contributed by atoms with Crippen LogP contribution in [-0.2, 0) is 20.7 Å². The van der Waals surface area contributed by atoms with Crippen LogP contribution in [0.2, 0.25) is 0 Å². The van der Waals surface area contributed by atoms with Crippen LogP contribution in [0.25, 0.3) is 5.76 Å². The number of hydrogen-bond acceptors (Lipinski definition) is 9. The highest BCUT2D eigenvalue weighted by molar-refractivity contribution is 7.17. The van der Waals surface area contributed by atoms with E-state index in [2.05, 4.69) is 9.97 Å². The van der Waals surface area contributed by atoms with E-state index in [1.807, 2.05) is 6.92 Å². The SMILES string of the molecule is COC(=O)c1sc(N2C(=O)C(=O)/C(=C(/O)c3ccc4c(c3)CC(C)O4)C2c2cccnc2)nc1C. The smallest absolute Gasteiger partial charge is 0.350 e. The van der Waals surface area contributed by atoms with Gasteiger partial charge in [0.05, 0.1) is 24.4 Å². The van der Waals surface area contributed by atoms with E-state index in [0.717, 1.165) is 22.6 Å². The number of pyridine rings is 1. The van der Waals surface area contributed by atoms with Gasteiger partial charge in [0.15, 0.2) is 5.13 Å². The number of carbonyl (C=O) groups is 3. The molecule has 2 atom stereocenters. The molecule has 4 heterocycles.